The van der Waals surface area contributed by atoms with Crippen LogP contribution in [0.3, 0.4) is 0 Å². The lowest BCUT2D eigenvalue weighted by molar-refractivity contribution is 0.0627. The number of rotatable bonds is 4. The molecule has 0 unspecified atom stereocenters. The summed E-state index contributed by atoms with van der Waals surface area (Å²) in [6, 6.07) is 10.9. The first kappa shape index (κ1) is 19.8. The summed E-state index contributed by atoms with van der Waals surface area (Å²) >= 11 is 6.05. The van der Waals surface area contributed by atoms with Gasteiger partial charge in [0.25, 0.3) is 5.91 Å². The van der Waals surface area contributed by atoms with Gasteiger partial charge in [0, 0.05) is 56.4 Å². The van der Waals surface area contributed by atoms with Crippen LogP contribution in [-0.4, -0.2) is 70.5 Å². The number of pyridine rings is 1. The summed E-state index contributed by atoms with van der Waals surface area (Å²) < 4.78 is 6.93. The molecule has 2 aromatic heterocycles. The van der Waals surface area contributed by atoms with Gasteiger partial charge in [0.15, 0.2) is 0 Å². The zero-order valence-corrected chi connectivity index (χ0v) is 17.7. The number of anilines is 1. The van der Waals surface area contributed by atoms with Crippen molar-refractivity contribution < 1.29 is 14.3 Å². The number of nitrogens with zero attached hydrogens (tertiary/aromatic N) is 5. The Hall–Kier alpha value is -3.10. The minimum atomic E-state index is -0.368. The van der Waals surface area contributed by atoms with Gasteiger partial charge in [0.05, 0.1) is 17.3 Å². The Labute approximate surface area is 184 Å². The van der Waals surface area contributed by atoms with Gasteiger partial charge in [-0.2, -0.15) is 0 Å². The summed E-state index contributed by atoms with van der Waals surface area (Å²) in [5, 5.41) is 0.675. The zero-order valence-electron chi connectivity index (χ0n) is 16.9. The molecule has 4 heterocycles. The standard InChI is InChI=1S/C22H22ClN5O3/c23-17-4-5-20-24-18(15-27(20)13-17)14-25-6-8-26(9-7-25)21(29)16-2-1-3-19(12-16)28-10-11-31-22(28)30/h1-5,12-13,15H,6-11,14H2. The van der Waals surface area contributed by atoms with E-state index in [1.54, 1.807) is 23.1 Å². The number of carbonyl (C=O) groups is 2. The lowest BCUT2D eigenvalue weighted by Crippen LogP contribution is -2.48. The third-order valence-electron chi connectivity index (χ3n) is 5.68. The van der Waals surface area contributed by atoms with Crippen LogP contribution < -0.4 is 4.90 Å². The number of amides is 2. The van der Waals surface area contributed by atoms with Crippen LogP contribution >= 0.6 is 11.6 Å². The first-order chi connectivity index (χ1) is 15.1. The summed E-state index contributed by atoms with van der Waals surface area (Å²) in [5.41, 5.74) is 3.13. The van der Waals surface area contributed by atoms with Crippen LogP contribution in [0.1, 0.15) is 16.1 Å². The highest BCUT2D eigenvalue weighted by molar-refractivity contribution is 6.30. The van der Waals surface area contributed by atoms with Crippen LogP contribution in [0.15, 0.2) is 48.8 Å². The van der Waals surface area contributed by atoms with E-state index in [1.165, 1.54) is 0 Å². The Bertz CT molecular complexity index is 1140. The first-order valence-corrected chi connectivity index (χ1v) is 10.6. The molecule has 2 fully saturated rings. The van der Waals surface area contributed by atoms with Gasteiger partial charge in [-0.1, -0.05) is 17.7 Å². The highest BCUT2D eigenvalue weighted by atomic mass is 35.5. The molecule has 160 valence electrons. The van der Waals surface area contributed by atoms with Crippen LogP contribution in [0, 0.1) is 0 Å². The zero-order chi connectivity index (χ0) is 21.4. The van der Waals surface area contributed by atoms with Gasteiger partial charge in [0.2, 0.25) is 0 Å². The second-order valence-electron chi connectivity index (χ2n) is 7.73. The lowest BCUT2D eigenvalue weighted by Gasteiger charge is -2.34. The molecule has 8 nitrogen and oxygen atoms in total. The number of carbonyl (C=O) groups excluding carboxylic acids is 2. The maximum Gasteiger partial charge on any atom is 0.414 e. The molecule has 31 heavy (non-hydrogen) atoms. The second-order valence-corrected chi connectivity index (χ2v) is 8.17. The summed E-state index contributed by atoms with van der Waals surface area (Å²) in [6.45, 7) is 4.45. The Morgan fingerprint density at radius 2 is 1.90 bits per heavy atom. The molecular formula is C22H22ClN5O3. The van der Waals surface area contributed by atoms with Crippen molar-refractivity contribution in [1.29, 1.82) is 0 Å². The molecule has 0 aliphatic carbocycles. The number of benzene rings is 1. The monoisotopic (exact) mass is 439 g/mol. The van der Waals surface area contributed by atoms with Crippen molar-refractivity contribution in [3.8, 4) is 0 Å². The molecule has 5 rings (SSSR count). The van der Waals surface area contributed by atoms with Crippen LogP contribution in [0.2, 0.25) is 5.02 Å². The third kappa shape index (κ3) is 4.08. The topological polar surface area (TPSA) is 70.4 Å². The molecule has 0 N–H and O–H groups in total. The number of fused-ring (bicyclic) bond motifs is 1. The number of cyclic esters (lactones) is 1. The predicted molar refractivity (Wildman–Crippen MR) is 117 cm³/mol. The van der Waals surface area contributed by atoms with Crippen molar-refractivity contribution in [2.75, 3.05) is 44.2 Å². The molecule has 2 aliphatic heterocycles. The smallest absolute Gasteiger partial charge is 0.414 e. The number of halogens is 1. The molecule has 0 atom stereocenters. The molecule has 0 saturated carbocycles. The molecule has 0 radical (unpaired) electrons. The van der Waals surface area contributed by atoms with E-state index in [1.807, 2.05) is 39.9 Å². The molecule has 2 saturated heterocycles. The van der Waals surface area contributed by atoms with Gasteiger partial charge in [-0.05, 0) is 30.3 Å². The van der Waals surface area contributed by atoms with Gasteiger partial charge in [0.1, 0.15) is 12.3 Å². The molecule has 0 bridgehead atoms. The SMILES string of the molecule is O=C(c1cccc(N2CCOC2=O)c1)N1CCN(Cc2cn3cc(Cl)ccc3n2)CC1. The van der Waals surface area contributed by atoms with Crippen LogP contribution in [-0.2, 0) is 11.3 Å². The summed E-state index contributed by atoms with van der Waals surface area (Å²) in [4.78, 5) is 35.2. The van der Waals surface area contributed by atoms with E-state index in [0.717, 1.165) is 31.0 Å². The van der Waals surface area contributed by atoms with Crippen molar-refractivity contribution >= 4 is 34.9 Å². The minimum absolute atomic E-state index is 0.0172. The number of hydrogen-bond donors (Lipinski definition) is 0. The molecule has 1 aromatic carbocycles. The van der Waals surface area contributed by atoms with Gasteiger partial charge in [-0.3, -0.25) is 14.6 Å². The summed E-state index contributed by atoms with van der Waals surface area (Å²) in [7, 11) is 0. The van der Waals surface area contributed by atoms with Crippen LogP contribution in [0.25, 0.3) is 5.65 Å². The van der Waals surface area contributed by atoms with E-state index in [4.69, 9.17) is 16.3 Å². The molecule has 2 amide bonds. The Kier molecular flexibility index (Phi) is 5.25. The molecule has 2 aliphatic rings. The number of hydrogen-bond acceptors (Lipinski definition) is 5. The molecule has 0 spiro atoms. The lowest BCUT2D eigenvalue weighted by atomic mass is 10.1. The third-order valence-corrected chi connectivity index (χ3v) is 5.90. The quantitative estimate of drug-likeness (QED) is 0.625. The predicted octanol–water partition coefficient (Wildman–Crippen LogP) is 2.90. The van der Waals surface area contributed by atoms with E-state index in [0.29, 0.717) is 42.5 Å². The summed E-state index contributed by atoms with van der Waals surface area (Å²) in [5.74, 6) is -0.0172. The number of imidazole rings is 1. The highest BCUT2D eigenvalue weighted by Gasteiger charge is 2.26. The molecule has 9 heteroatoms. The van der Waals surface area contributed by atoms with Crippen molar-refractivity contribution in [2.45, 2.75) is 6.54 Å². The van der Waals surface area contributed by atoms with E-state index < -0.39 is 0 Å². The maximum atomic E-state index is 13.0. The Morgan fingerprint density at radius 1 is 1.06 bits per heavy atom. The highest BCUT2D eigenvalue weighted by Crippen LogP contribution is 2.21. The van der Waals surface area contributed by atoms with Crippen molar-refractivity contribution in [1.82, 2.24) is 19.2 Å². The molecule has 3 aromatic rings. The first-order valence-electron chi connectivity index (χ1n) is 10.3. The Balaban J connectivity index is 1.21. The minimum Gasteiger partial charge on any atom is -0.447 e. The number of ether oxygens (including phenoxy) is 1. The maximum absolute atomic E-state index is 13.0. The summed E-state index contributed by atoms with van der Waals surface area (Å²) in [6.07, 6.45) is 3.47. The fraction of sp³-hybridized carbons (Fsp3) is 0.318. The van der Waals surface area contributed by atoms with Crippen molar-refractivity contribution in [3.05, 3.63) is 65.1 Å². The van der Waals surface area contributed by atoms with Crippen molar-refractivity contribution in [2.24, 2.45) is 0 Å². The fourth-order valence-corrected chi connectivity index (χ4v) is 4.22. The van der Waals surface area contributed by atoms with Crippen LogP contribution in [0.5, 0.6) is 0 Å². The average molecular weight is 440 g/mol. The van der Waals surface area contributed by atoms with Gasteiger partial charge < -0.3 is 14.0 Å². The van der Waals surface area contributed by atoms with Gasteiger partial charge >= 0.3 is 6.09 Å². The number of aromatic nitrogens is 2. The van der Waals surface area contributed by atoms with Gasteiger partial charge in [-0.15, -0.1) is 0 Å². The largest absolute Gasteiger partial charge is 0.447 e. The van der Waals surface area contributed by atoms with E-state index in [9.17, 15) is 9.59 Å². The molecular weight excluding hydrogens is 418 g/mol. The number of piperazine rings is 1. The van der Waals surface area contributed by atoms with Crippen LogP contribution in [0.4, 0.5) is 10.5 Å². The van der Waals surface area contributed by atoms with E-state index >= 15 is 0 Å². The normalized spacial score (nSPS) is 17.4. The average Bonchev–Trinajstić information content (AvgIpc) is 3.39. The Morgan fingerprint density at radius 3 is 2.68 bits per heavy atom. The second kappa shape index (κ2) is 8.20. The van der Waals surface area contributed by atoms with Gasteiger partial charge in [-0.25, -0.2) is 9.78 Å². The fourth-order valence-electron chi connectivity index (χ4n) is 4.05. The van der Waals surface area contributed by atoms with Crippen molar-refractivity contribution in [3.63, 3.8) is 0 Å². The van der Waals surface area contributed by atoms with E-state index in [2.05, 4.69) is 9.88 Å². The van der Waals surface area contributed by atoms with E-state index in [-0.39, 0.29) is 12.0 Å².